The summed E-state index contributed by atoms with van der Waals surface area (Å²) in [5, 5.41) is 15.4. The molecule has 3 aromatic rings. The fourth-order valence-electron chi connectivity index (χ4n) is 2.38. The number of hydrogen-bond acceptors (Lipinski definition) is 7. The lowest BCUT2D eigenvalue weighted by Crippen LogP contribution is -2.15. The van der Waals surface area contributed by atoms with Gasteiger partial charge in [0.2, 0.25) is 0 Å². The number of carbonyl (C=O) groups is 1. The van der Waals surface area contributed by atoms with E-state index in [9.17, 15) is 23.3 Å². The predicted octanol–water partition coefficient (Wildman–Crippen LogP) is 3.37. The van der Waals surface area contributed by atoms with Gasteiger partial charge in [0.1, 0.15) is 0 Å². The quantitative estimate of drug-likeness (QED) is 0.515. The number of aromatic nitrogens is 1. The molecule has 27 heavy (non-hydrogen) atoms. The van der Waals surface area contributed by atoms with Crippen LogP contribution in [0.4, 0.5) is 10.8 Å². The molecule has 1 amide bonds. The van der Waals surface area contributed by atoms with Crippen molar-refractivity contribution in [2.45, 2.75) is 4.90 Å². The zero-order chi connectivity index (χ0) is 19.6. The second-order valence-corrected chi connectivity index (χ2v) is 8.41. The molecule has 0 radical (unpaired) electrons. The van der Waals surface area contributed by atoms with Crippen molar-refractivity contribution in [2.75, 3.05) is 11.6 Å². The van der Waals surface area contributed by atoms with Crippen molar-refractivity contribution in [3.63, 3.8) is 0 Å². The van der Waals surface area contributed by atoms with Gasteiger partial charge in [0, 0.05) is 29.3 Å². The molecule has 10 heteroatoms. The lowest BCUT2D eigenvalue weighted by molar-refractivity contribution is -0.384. The monoisotopic (exact) mass is 403 g/mol. The van der Waals surface area contributed by atoms with Crippen LogP contribution in [0.25, 0.3) is 11.3 Å². The summed E-state index contributed by atoms with van der Waals surface area (Å²) in [6, 6.07) is 11.9. The molecule has 0 atom stereocenters. The minimum Gasteiger partial charge on any atom is -0.298 e. The van der Waals surface area contributed by atoms with E-state index in [1.54, 1.807) is 23.6 Å². The van der Waals surface area contributed by atoms with Crippen molar-refractivity contribution in [1.82, 2.24) is 4.98 Å². The molecule has 1 N–H and O–H groups in total. The van der Waals surface area contributed by atoms with Crippen molar-refractivity contribution in [3.8, 4) is 11.3 Å². The fraction of sp³-hybridized carbons (Fsp3) is 0.0588. The molecule has 8 nitrogen and oxygen atoms in total. The molecule has 138 valence electrons. The number of nitro benzene ring substituents is 1. The average molecular weight is 403 g/mol. The van der Waals surface area contributed by atoms with E-state index < -0.39 is 20.7 Å². The molecule has 0 aliphatic carbocycles. The van der Waals surface area contributed by atoms with Crippen LogP contribution >= 0.6 is 11.3 Å². The van der Waals surface area contributed by atoms with Gasteiger partial charge in [0.05, 0.1) is 21.1 Å². The van der Waals surface area contributed by atoms with Gasteiger partial charge in [-0.3, -0.25) is 20.2 Å². The molecule has 2 aromatic carbocycles. The number of thiazole rings is 1. The van der Waals surface area contributed by atoms with Gasteiger partial charge in [-0.15, -0.1) is 11.3 Å². The number of amides is 1. The molecule has 0 aliphatic rings. The molecule has 0 aliphatic heterocycles. The Balaban J connectivity index is 1.86. The number of hydrogen-bond donors (Lipinski definition) is 1. The van der Waals surface area contributed by atoms with Crippen molar-refractivity contribution in [3.05, 3.63) is 69.6 Å². The third kappa shape index (κ3) is 4.18. The van der Waals surface area contributed by atoms with Gasteiger partial charge in [0.15, 0.2) is 15.0 Å². The summed E-state index contributed by atoms with van der Waals surface area (Å²) in [4.78, 5) is 27.0. The van der Waals surface area contributed by atoms with E-state index in [1.165, 1.54) is 30.3 Å². The van der Waals surface area contributed by atoms with Crippen LogP contribution in [0.1, 0.15) is 10.4 Å². The smallest absolute Gasteiger partial charge is 0.270 e. The van der Waals surface area contributed by atoms with Gasteiger partial charge in [-0.2, -0.15) is 0 Å². The summed E-state index contributed by atoms with van der Waals surface area (Å²) < 4.78 is 23.7. The summed E-state index contributed by atoms with van der Waals surface area (Å²) >= 11 is 1.13. The molecular formula is C17H13N3O5S2. The van der Waals surface area contributed by atoms with Crippen LogP contribution in [-0.4, -0.2) is 30.5 Å². The zero-order valence-corrected chi connectivity index (χ0v) is 15.6. The zero-order valence-electron chi connectivity index (χ0n) is 13.9. The Morgan fingerprint density at radius 3 is 2.63 bits per heavy atom. The van der Waals surface area contributed by atoms with Gasteiger partial charge in [-0.05, 0) is 12.1 Å². The number of benzene rings is 2. The van der Waals surface area contributed by atoms with E-state index in [0.29, 0.717) is 11.3 Å². The van der Waals surface area contributed by atoms with Gasteiger partial charge < -0.3 is 0 Å². The van der Waals surface area contributed by atoms with E-state index in [2.05, 4.69) is 10.3 Å². The average Bonchev–Trinajstić information content (AvgIpc) is 3.09. The molecule has 0 saturated carbocycles. The third-order valence-electron chi connectivity index (χ3n) is 3.61. The summed E-state index contributed by atoms with van der Waals surface area (Å²) in [7, 11) is -3.56. The Bertz CT molecular complexity index is 1140. The number of carbonyl (C=O) groups excluding carboxylic acids is 1. The van der Waals surface area contributed by atoms with Crippen LogP contribution in [-0.2, 0) is 9.84 Å². The minimum absolute atomic E-state index is 0.0205. The van der Waals surface area contributed by atoms with Crippen LogP contribution in [0.3, 0.4) is 0 Å². The van der Waals surface area contributed by atoms with Crippen molar-refractivity contribution in [1.29, 1.82) is 0 Å². The fourth-order valence-corrected chi connectivity index (χ4v) is 3.99. The van der Waals surface area contributed by atoms with Crippen molar-refractivity contribution in [2.24, 2.45) is 0 Å². The highest BCUT2D eigenvalue weighted by molar-refractivity contribution is 7.90. The van der Waals surface area contributed by atoms with Crippen LogP contribution in [0, 0.1) is 10.1 Å². The van der Waals surface area contributed by atoms with Crippen molar-refractivity contribution >= 4 is 37.9 Å². The molecule has 0 spiro atoms. The Morgan fingerprint density at radius 2 is 1.93 bits per heavy atom. The first-order valence-electron chi connectivity index (χ1n) is 7.56. The van der Waals surface area contributed by atoms with Gasteiger partial charge >= 0.3 is 0 Å². The first kappa shape index (κ1) is 18.7. The maximum absolute atomic E-state index is 12.5. The topological polar surface area (TPSA) is 119 Å². The number of nitrogens with one attached hydrogen (secondary N) is 1. The Hall–Kier alpha value is -3.11. The van der Waals surface area contributed by atoms with E-state index in [4.69, 9.17) is 0 Å². The number of nitrogens with zero attached hydrogens (tertiary/aromatic N) is 2. The van der Waals surface area contributed by atoms with E-state index in [1.807, 2.05) is 0 Å². The highest BCUT2D eigenvalue weighted by Crippen LogP contribution is 2.28. The van der Waals surface area contributed by atoms with Crippen LogP contribution in [0.2, 0.25) is 0 Å². The lowest BCUT2D eigenvalue weighted by atomic mass is 10.1. The Labute approximate surface area is 158 Å². The Kier molecular flexibility index (Phi) is 5.02. The third-order valence-corrected chi connectivity index (χ3v) is 5.52. The summed E-state index contributed by atoms with van der Waals surface area (Å²) in [6.45, 7) is 0. The lowest BCUT2D eigenvalue weighted by Gasteiger charge is -2.07. The second kappa shape index (κ2) is 7.25. The van der Waals surface area contributed by atoms with Gasteiger partial charge in [-0.1, -0.05) is 24.3 Å². The van der Waals surface area contributed by atoms with E-state index in [0.717, 1.165) is 17.6 Å². The van der Waals surface area contributed by atoms with Crippen molar-refractivity contribution < 1.29 is 18.1 Å². The van der Waals surface area contributed by atoms with E-state index in [-0.39, 0.29) is 21.3 Å². The predicted molar refractivity (Wildman–Crippen MR) is 102 cm³/mol. The first-order chi connectivity index (χ1) is 12.8. The molecular weight excluding hydrogens is 390 g/mol. The SMILES string of the molecule is CS(=O)(=O)c1ccccc1C(=O)Nc1nc(-c2cccc([N+](=O)[O-])c2)cs1. The Morgan fingerprint density at radius 1 is 1.19 bits per heavy atom. The molecule has 0 unspecified atom stereocenters. The van der Waals surface area contributed by atoms with Crippen LogP contribution in [0.15, 0.2) is 58.8 Å². The van der Waals surface area contributed by atoms with Gasteiger partial charge in [-0.25, -0.2) is 13.4 Å². The largest absolute Gasteiger partial charge is 0.298 e. The standard InChI is InChI=1S/C17H13N3O5S2/c1-27(24,25)15-8-3-2-7-13(15)16(21)19-17-18-14(10-26-17)11-5-4-6-12(9-11)20(22)23/h2-10H,1H3,(H,18,19,21). The molecule has 1 aromatic heterocycles. The number of anilines is 1. The maximum atomic E-state index is 12.5. The van der Waals surface area contributed by atoms with Gasteiger partial charge in [0.25, 0.3) is 11.6 Å². The minimum atomic E-state index is -3.56. The number of sulfone groups is 1. The van der Waals surface area contributed by atoms with E-state index >= 15 is 0 Å². The van der Waals surface area contributed by atoms with Crippen LogP contribution in [0.5, 0.6) is 0 Å². The summed E-state index contributed by atoms with van der Waals surface area (Å²) in [6.07, 6.45) is 1.03. The highest BCUT2D eigenvalue weighted by Gasteiger charge is 2.19. The number of nitro groups is 1. The maximum Gasteiger partial charge on any atom is 0.270 e. The second-order valence-electron chi connectivity index (χ2n) is 5.57. The molecule has 0 saturated heterocycles. The molecule has 1 heterocycles. The van der Waals surface area contributed by atoms with Crippen LogP contribution < -0.4 is 5.32 Å². The first-order valence-corrected chi connectivity index (χ1v) is 10.3. The molecule has 3 rings (SSSR count). The summed E-state index contributed by atoms with van der Waals surface area (Å²) in [5.74, 6) is -0.601. The highest BCUT2D eigenvalue weighted by atomic mass is 32.2. The number of rotatable bonds is 5. The number of non-ortho nitro benzene ring substituents is 1. The molecule has 0 bridgehead atoms. The molecule has 0 fully saturated rings. The normalized spacial score (nSPS) is 11.1. The summed E-state index contributed by atoms with van der Waals surface area (Å²) in [5.41, 5.74) is 0.966.